The largest absolute Gasteiger partial charge is 0.379 e. The zero-order valence-electron chi connectivity index (χ0n) is 5.02. The minimum Gasteiger partial charge on any atom is -0.379 e. The Bertz CT molecular complexity index is 35.4. The van der Waals surface area contributed by atoms with E-state index in [0.717, 1.165) is 13.0 Å². The summed E-state index contributed by atoms with van der Waals surface area (Å²) in [5, 5.41) is 0. The van der Waals surface area contributed by atoms with Gasteiger partial charge in [-0.2, -0.15) is 0 Å². The smallest absolute Gasteiger partial charge is 0.0988 e. The van der Waals surface area contributed by atoms with Gasteiger partial charge in [0.25, 0.3) is 0 Å². The summed E-state index contributed by atoms with van der Waals surface area (Å²) < 4.78 is 9.64. The first kappa shape index (κ1) is 8.40. The van der Waals surface area contributed by atoms with Crippen molar-refractivity contribution in [3.8, 4) is 0 Å². The highest BCUT2D eigenvalue weighted by Gasteiger charge is 1.82. The molecule has 3 heteroatoms. The molecule has 0 aliphatic heterocycles. The Hall–Kier alpha value is 0.400. The van der Waals surface area contributed by atoms with Gasteiger partial charge in [0.1, 0.15) is 0 Å². The third-order valence-corrected chi connectivity index (χ3v) is 0.977. The van der Waals surface area contributed by atoms with Gasteiger partial charge in [-0.15, -0.1) is 0 Å². The van der Waals surface area contributed by atoms with E-state index in [1.807, 2.05) is 0 Å². The summed E-state index contributed by atoms with van der Waals surface area (Å²) in [5.41, 5.74) is 0. The van der Waals surface area contributed by atoms with Crippen molar-refractivity contribution in [1.82, 2.24) is 0 Å². The molecular weight excluding hydrogens is 172 g/mol. The lowest BCUT2D eigenvalue weighted by Gasteiger charge is -1.97. The Morgan fingerprint density at radius 3 is 2.50 bits per heavy atom. The van der Waals surface area contributed by atoms with Gasteiger partial charge in [0, 0.05) is 6.61 Å². The van der Waals surface area contributed by atoms with Crippen molar-refractivity contribution in [2.24, 2.45) is 0 Å². The number of rotatable bonds is 5. The summed E-state index contributed by atoms with van der Waals surface area (Å²) in [7, 11) is 0. The lowest BCUT2D eigenvalue weighted by molar-refractivity contribution is 0.110. The zero-order chi connectivity index (χ0) is 6.24. The van der Waals surface area contributed by atoms with Crippen molar-refractivity contribution in [2.45, 2.75) is 13.3 Å². The second-order valence-corrected chi connectivity index (χ2v) is 1.88. The van der Waals surface area contributed by atoms with Crippen molar-refractivity contribution in [1.29, 1.82) is 0 Å². The maximum absolute atomic E-state index is 5.07. The van der Waals surface area contributed by atoms with E-state index in [1.54, 1.807) is 0 Å². The van der Waals surface area contributed by atoms with E-state index in [2.05, 4.69) is 27.0 Å². The van der Waals surface area contributed by atoms with E-state index >= 15 is 0 Å². The first-order valence-corrected chi connectivity index (χ1v) is 3.37. The van der Waals surface area contributed by atoms with Gasteiger partial charge in [0.15, 0.2) is 0 Å². The fourth-order valence-electron chi connectivity index (χ4n) is 0.337. The monoisotopic (exact) mass is 182 g/mol. The predicted octanol–water partition coefficient (Wildman–Crippen LogP) is 1.74. The van der Waals surface area contributed by atoms with Crippen LogP contribution in [0, 0.1) is 0 Å². The minimum absolute atomic E-state index is 0.625. The predicted molar refractivity (Wildman–Crippen MR) is 36.0 cm³/mol. The van der Waals surface area contributed by atoms with Crippen LogP contribution < -0.4 is 0 Å². The van der Waals surface area contributed by atoms with E-state index in [0.29, 0.717) is 13.2 Å². The maximum Gasteiger partial charge on any atom is 0.0988 e. The average molecular weight is 183 g/mol. The first-order chi connectivity index (χ1) is 3.91. The van der Waals surface area contributed by atoms with Crippen molar-refractivity contribution in [2.75, 3.05) is 19.8 Å². The first-order valence-electron chi connectivity index (χ1n) is 2.73. The highest BCUT2D eigenvalue weighted by atomic mass is 79.9. The summed E-state index contributed by atoms with van der Waals surface area (Å²) in [4.78, 5) is 0. The van der Waals surface area contributed by atoms with Crippen molar-refractivity contribution >= 4 is 16.3 Å². The van der Waals surface area contributed by atoms with Gasteiger partial charge in [-0.25, -0.2) is 0 Å². The van der Waals surface area contributed by atoms with Crippen LogP contribution in [0.25, 0.3) is 0 Å². The SMILES string of the molecule is CCCOCCOBr. The highest BCUT2D eigenvalue weighted by Crippen LogP contribution is 1.84. The number of hydrogen-bond acceptors (Lipinski definition) is 2. The summed E-state index contributed by atoms with van der Waals surface area (Å²) in [6.07, 6.45) is 1.07. The molecule has 2 nitrogen and oxygen atoms in total. The summed E-state index contributed by atoms with van der Waals surface area (Å²) in [6, 6.07) is 0. The molecule has 0 radical (unpaired) electrons. The van der Waals surface area contributed by atoms with Crippen LogP contribution in [-0.2, 0) is 8.57 Å². The Morgan fingerprint density at radius 2 is 2.00 bits per heavy atom. The fourth-order valence-corrected chi connectivity index (χ4v) is 0.469. The molecule has 0 spiro atoms. The molecular formula is C5H11BrO2. The molecule has 0 heterocycles. The molecule has 0 rings (SSSR count). The number of halogens is 1. The van der Waals surface area contributed by atoms with Crippen LogP contribution in [0.3, 0.4) is 0 Å². The van der Waals surface area contributed by atoms with Crippen LogP contribution >= 0.6 is 16.3 Å². The van der Waals surface area contributed by atoms with Gasteiger partial charge >= 0.3 is 0 Å². The van der Waals surface area contributed by atoms with Gasteiger partial charge in [-0.3, -0.25) is 0 Å². The molecule has 0 saturated heterocycles. The Kier molecular flexibility index (Phi) is 7.77. The van der Waals surface area contributed by atoms with Crippen LogP contribution in [-0.4, -0.2) is 19.8 Å². The molecule has 0 aromatic carbocycles. The molecule has 0 aliphatic rings. The van der Waals surface area contributed by atoms with Crippen LogP contribution in [0.4, 0.5) is 0 Å². The van der Waals surface area contributed by atoms with Gasteiger partial charge in [-0.05, 0) is 6.42 Å². The second kappa shape index (κ2) is 7.40. The molecule has 0 aromatic heterocycles. The van der Waals surface area contributed by atoms with Crippen LogP contribution in [0.1, 0.15) is 13.3 Å². The molecule has 0 atom stereocenters. The van der Waals surface area contributed by atoms with Gasteiger partial charge in [0.05, 0.1) is 29.5 Å². The topological polar surface area (TPSA) is 18.5 Å². The Morgan fingerprint density at radius 1 is 1.25 bits per heavy atom. The third-order valence-electron chi connectivity index (χ3n) is 0.653. The molecule has 8 heavy (non-hydrogen) atoms. The maximum atomic E-state index is 5.07. The quantitative estimate of drug-likeness (QED) is 0.604. The number of ether oxygens (including phenoxy) is 1. The second-order valence-electron chi connectivity index (χ2n) is 1.43. The third kappa shape index (κ3) is 6.40. The standard InChI is InChI=1S/C5H11BrO2/c1-2-3-7-4-5-8-6/h2-5H2,1H3. The van der Waals surface area contributed by atoms with Crippen LogP contribution in [0.2, 0.25) is 0 Å². The van der Waals surface area contributed by atoms with Crippen LogP contribution in [0.15, 0.2) is 0 Å². The lowest BCUT2D eigenvalue weighted by atomic mass is 10.5. The normalized spacial score (nSPS) is 9.75. The van der Waals surface area contributed by atoms with Crippen molar-refractivity contribution in [3.63, 3.8) is 0 Å². The molecule has 0 saturated carbocycles. The summed E-state index contributed by atoms with van der Waals surface area (Å²) in [6.45, 7) is 4.21. The van der Waals surface area contributed by atoms with E-state index in [1.165, 1.54) is 0 Å². The number of hydrogen-bond donors (Lipinski definition) is 0. The zero-order valence-corrected chi connectivity index (χ0v) is 6.61. The molecule has 50 valence electrons. The van der Waals surface area contributed by atoms with Gasteiger partial charge in [-0.1, -0.05) is 6.92 Å². The van der Waals surface area contributed by atoms with Crippen molar-refractivity contribution < 1.29 is 8.57 Å². The summed E-state index contributed by atoms with van der Waals surface area (Å²) >= 11 is 2.82. The van der Waals surface area contributed by atoms with Gasteiger partial charge < -0.3 is 8.57 Å². The summed E-state index contributed by atoms with van der Waals surface area (Å²) in [5.74, 6) is 0. The van der Waals surface area contributed by atoms with E-state index < -0.39 is 0 Å². The molecule has 0 unspecified atom stereocenters. The molecule has 0 aliphatic carbocycles. The average Bonchev–Trinajstić information content (AvgIpc) is 1.81. The Labute approximate surface area is 58.6 Å². The fraction of sp³-hybridized carbons (Fsp3) is 1.00. The van der Waals surface area contributed by atoms with Crippen LogP contribution in [0.5, 0.6) is 0 Å². The van der Waals surface area contributed by atoms with Crippen molar-refractivity contribution in [3.05, 3.63) is 0 Å². The molecule has 0 bridgehead atoms. The highest BCUT2D eigenvalue weighted by molar-refractivity contribution is 9.06. The van der Waals surface area contributed by atoms with E-state index in [9.17, 15) is 0 Å². The molecule has 0 N–H and O–H groups in total. The van der Waals surface area contributed by atoms with E-state index in [-0.39, 0.29) is 0 Å². The van der Waals surface area contributed by atoms with Gasteiger partial charge in [0.2, 0.25) is 0 Å². The van der Waals surface area contributed by atoms with E-state index in [4.69, 9.17) is 4.74 Å². The lowest BCUT2D eigenvalue weighted by Crippen LogP contribution is -1.99. The Balaban J connectivity index is 2.53. The molecule has 0 amide bonds. The minimum atomic E-state index is 0.625. The molecule has 0 fully saturated rings. The molecule has 0 aromatic rings.